The lowest BCUT2D eigenvalue weighted by Crippen LogP contribution is -2.21. The molecule has 1 saturated heterocycles. The molecule has 1 fully saturated rings. The molecular weight excluding hydrogens is 279 g/mol. The largest absolute Gasteiger partial charge is 0.451 e. The summed E-state index contributed by atoms with van der Waals surface area (Å²) in [5.74, 6) is -0.892. The number of halogens is 3. The summed E-state index contributed by atoms with van der Waals surface area (Å²) in [5, 5.41) is 13.2. The van der Waals surface area contributed by atoms with Crippen LogP contribution in [-0.4, -0.2) is 32.9 Å². The second kappa shape index (κ2) is 5.31. The van der Waals surface area contributed by atoms with Gasteiger partial charge in [0.1, 0.15) is 0 Å². The SMILES string of the molecule is O=[N+]([O-])/C=C1\NCCN1Cc1cnc(C(F)(F)F)nc1. The minimum absolute atomic E-state index is 0.199. The monoisotopic (exact) mass is 289 g/mol. The van der Waals surface area contributed by atoms with Gasteiger partial charge in [-0.25, -0.2) is 9.97 Å². The number of nitrogens with zero attached hydrogens (tertiary/aromatic N) is 4. The van der Waals surface area contributed by atoms with Crippen LogP contribution in [0.2, 0.25) is 0 Å². The minimum atomic E-state index is -4.58. The van der Waals surface area contributed by atoms with Gasteiger partial charge in [0.2, 0.25) is 5.82 Å². The van der Waals surface area contributed by atoms with Gasteiger partial charge in [0, 0.05) is 37.6 Å². The van der Waals surface area contributed by atoms with E-state index >= 15 is 0 Å². The predicted molar refractivity (Wildman–Crippen MR) is 60.5 cm³/mol. The smallest absolute Gasteiger partial charge is 0.365 e. The number of nitro groups is 1. The zero-order valence-electron chi connectivity index (χ0n) is 10.1. The molecule has 0 radical (unpaired) electrons. The first kappa shape index (κ1) is 14.0. The van der Waals surface area contributed by atoms with E-state index in [9.17, 15) is 23.3 Å². The third kappa shape index (κ3) is 3.33. The van der Waals surface area contributed by atoms with Gasteiger partial charge < -0.3 is 10.2 Å². The Morgan fingerprint density at radius 2 is 2.10 bits per heavy atom. The van der Waals surface area contributed by atoms with Crippen LogP contribution >= 0.6 is 0 Å². The van der Waals surface area contributed by atoms with Gasteiger partial charge >= 0.3 is 6.18 Å². The van der Waals surface area contributed by atoms with Crippen LogP contribution < -0.4 is 5.32 Å². The number of nitrogens with one attached hydrogen (secondary N) is 1. The zero-order chi connectivity index (χ0) is 14.8. The third-order valence-electron chi connectivity index (χ3n) is 2.59. The summed E-state index contributed by atoms with van der Waals surface area (Å²) in [6.45, 7) is 1.24. The lowest BCUT2D eigenvalue weighted by molar-refractivity contribution is -0.404. The van der Waals surface area contributed by atoms with Crippen molar-refractivity contribution in [3.8, 4) is 0 Å². The van der Waals surface area contributed by atoms with Crippen molar-refractivity contribution < 1.29 is 18.1 Å². The molecule has 0 spiro atoms. The highest BCUT2D eigenvalue weighted by Crippen LogP contribution is 2.25. The van der Waals surface area contributed by atoms with Gasteiger partial charge in [0.25, 0.3) is 6.20 Å². The molecule has 0 saturated carbocycles. The molecule has 1 aromatic heterocycles. The Bertz CT molecular complexity index is 529. The van der Waals surface area contributed by atoms with Crippen LogP contribution in [0.4, 0.5) is 13.2 Å². The molecule has 1 N–H and O–H groups in total. The first-order valence-electron chi connectivity index (χ1n) is 5.58. The molecule has 2 rings (SSSR count). The second-order valence-electron chi connectivity index (χ2n) is 4.06. The van der Waals surface area contributed by atoms with Crippen LogP contribution in [0.5, 0.6) is 0 Å². The van der Waals surface area contributed by atoms with Crippen LogP contribution in [-0.2, 0) is 12.7 Å². The van der Waals surface area contributed by atoms with Crippen molar-refractivity contribution in [3.05, 3.63) is 45.9 Å². The van der Waals surface area contributed by atoms with Crippen molar-refractivity contribution in [2.45, 2.75) is 12.7 Å². The van der Waals surface area contributed by atoms with Crippen LogP contribution in [0.3, 0.4) is 0 Å². The fourth-order valence-corrected chi connectivity index (χ4v) is 1.75. The molecule has 0 aromatic carbocycles. The molecular formula is C10H10F3N5O2. The van der Waals surface area contributed by atoms with E-state index in [2.05, 4.69) is 15.3 Å². The van der Waals surface area contributed by atoms with Gasteiger partial charge in [-0.15, -0.1) is 0 Å². The molecule has 1 aliphatic heterocycles. The van der Waals surface area contributed by atoms with Gasteiger partial charge in [-0.3, -0.25) is 10.1 Å². The van der Waals surface area contributed by atoms with Crippen molar-refractivity contribution in [2.75, 3.05) is 13.1 Å². The predicted octanol–water partition coefficient (Wildman–Crippen LogP) is 0.976. The minimum Gasteiger partial charge on any atom is -0.365 e. The Labute approximate surface area is 111 Å². The lowest BCUT2D eigenvalue weighted by atomic mass is 10.3. The molecule has 2 heterocycles. The fraction of sp³-hybridized carbons (Fsp3) is 0.400. The molecule has 108 valence electrons. The third-order valence-corrected chi connectivity index (χ3v) is 2.59. The number of hydrogen-bond donors (Lipinski definition) is 1. The van der Waals surface area contributed by atoms with Gasteiger partial charge in [-0.1, -0.05) is 0 Å². The number of hydrogen-bond acceptors (Lipinski definition) is 6. The summed E-state index contributed by atoms with van der Waals surface area (Å²) >= 11 is 0. The Hall–Kier alpha value is -2.39. The van der Waals surface area contributed by atoms with Gasteiger partial charge in [-0.2, -0.15) is 13.2 Å². The Morgan fingerprint density at radius 3 is 2.65 bits per heavy atom. The molecule has 1 aromatic rings. The summed E-state index contributed by atoms with van der Waals surface area (Å²) in [7, 11) is 0. The molecule has 7 nitrogen and oxygen atoms in total. The molecule has 20 heavy (non-hydrogen) atoms. The van der Waals surface area contributed by atoms with Gasteiger partial charge in [0.05, 0.1) is 4.92 Å². The summed E-state index contributed by atoms with van der Waals surface area (Å²) in [5.41, 5.74) is 0.441. The average Bonchev–Trinajstić information content (AvgIpc) is 2.75. The van der Waals surface area contributed by atoms with Gasteiger partial charge in [-0.05, 0) is 0 Å². The van der Waals surface area contributed by atoms with Crippen molar-refractivity contribution in [2.24, 2.45) is 0 Å². The molecule has 0 unspecified atom stereocenters. The molecule has 0 bridgehead atoms. The van der Waals surface area contributed by atoms with E-state index in [1.54, 1.807) is 4.90 Å². The molecule has 0 aliphatic carbocycles. The molecule has 0 atom stereocenters. The number of rotatable bonds is 3. The zero-order valence-corrected chi connectivity index (χ0v) is 10.1. The Kier molecular flexibility index (Phi) is 3.72. The lowest BCUT2D eigenvalue weighted by Gasteiger charge is -2.16. The molecule has 0 amide bonds. The first-order valence-corrected chi connectivity index (χ1v) is 5.58. The average molecular weight is 289 g/mol. The van der Waals surface area contributed by atoms with Gasteiger partial charge in [0.15, 0.2) is 5.82 Å². The molecule has 1 aliphatic rings. The summed E-state index contributed by atoms with van der Waals surface area (Å²) < 4.78 is 36.9. The van der Waals surface area contributed by atoms with Crippen LogP contribution in [0.25, 0.3) is 0 Å². The topological polar surface area (TPSA) is 84.2 Å². The summed E-state index contributed by atoms with van der Waals surface area (Å²) in [6.07, 6.45) is -1.63. The Morgan fingerprint density at radius 1 is 1.45 bits per heavy atom. The fourth-order valence-electron chi connectivity index (χ4n) is 1.75. The van der Waals surface area contributed by atoms with E-state index in [0.717, 1.165) is 18.6 Å². The maximum atomic E-state index is 12.3. The quantitative estimate of drug-likeness (QED) is 0.659. The van der Waals surface area contributed by atoms with Crippen molar-refractivity contribution in [1.82, 2.24) is 20.2 Å². The maximum Gasteiger partial charge on any atom is 0.451 e. The van der Waals surface area contributed by atoms with Crippen molar-refractivity contribution >= 4 is 0 Å². The van der Waals surface area contributed by atoms with E-state index in [1.807, 2.05) is 0 Å². The summed E-state index contributed by atoms with van der Waals surface area (Å²) in [4.78, 5) is 17.9. The van der Waals surface area contributed by atoms with Crippen LogP contribution in [0, 0.1) is 10.1 Å². The normalized spacial score (nSPS) is 17.4. The first-order chi connectivity index (χ1) is 9.36. The van der Waals surface area contributed by atoms with Crippen LogP contribution in [0.15, 0.2) is 24.4 Å². The Balaban J connectivity index is 2.08. The van der Waals surface area contributed by atoms with Crippen molar-refractivity contribution in [3.63, 3.8) is 0 Å². The van der Waals surface area contributed by atoms with Crippen molar-refractivity contribution in [1.29, 1.82) is 0 Å². The number of aromatic nitrogens is 2. The van der Waals surface area contributed by atoms with E-state index < -0.39 is 16.9 Å². The maximum absolute atomic E-state index is 12.3. The highest BCUT2D eigenvalue weighted by atomic mass is 19.4. The van der Waals surface area contributed by atoms with E-state index in [-0.39, 0.29) is 6.54 Å². The highest BCUT2D eigenvalue weighted by molar-refractivity contribution is 5.10. The number of alkyl halides is 3. The molecule has 10 heteroatoms. The van der Waals surface area contributed by atoms with E-state index in [4.69, 9.17) is 0 Å². The van der Waals surface area contributed by atoms with E-state index in [0.29, 0.717) is 24.5 Å². The summed E-state index contributed by atoms with van der Waals surface area (Å²) in [6, 6.07) is 0. The highest BCUT2D eigenvalue weighted by Gasteiger charge is 2.34. The standard InChI is InChI=1S/C10H10F3N5O2/c11-10(12,13)9-15-3-7(4-16-9)5-17-2-1-14-8(17)6-18(19)20/h3-4,6,14H,1-2,5H2/b8-6+. The van der Waals surface area contributed by atoms with Crippen LogP contribution in [0.1, 0.15) is 11.4 Å². The second-order valence-corrected chi connectivity index (χ2v) is 4.06. The van der Waals surface area contributed by atoms with E-state index in [1.165, 1.54) is 0 Å².